The maximum absolute atomic E-state index is 14.7. The number of nitrogens with zero attached hydrogens (tertiary/aromatic N) is 4. The molecule has 0 bridgehead atoms. The minimum Gasteiger partial charge on any atom is -0.466 e. The molecule has 2 aliphatic rings. The van der Waals surface area contributed by atoms with Crippen molar-refractivity contribution in [2.45, 2.75) is 26.8 Å². The molecule has 33 heavy (non-hydrogen) atoms. The number of anilines is 1. The lowest BCUT2D eigenvalue weighted by molar-refractivity contribution is -0.138. The van der Waals surface area contributed by atoms with E-state index in [2.05, 4.69) is 10.1 Å². The Bertz CT molecular complexity index is 1200. The summed E-state index contributed by atoms with van der Waals surface area (Å²) in [5.74, 6) is -1.78. The van der Waals surface area contributed by atoms with E-state index in [0.717, 1.165) is 5.56 Å². The molecule has 8 nitrogen and oxygen atoms in total. The lowest BCUT2D eigenvalue weighted by atomic mass is 9.93. The molecule has 0 saturated heterocycles. The van der Waals surface area contributed by atoms with E-state index < -0.39 is 23.8 Å². The molecule has 0 spiro atoms. The number of carbonyl (C=O) groups excluding carboxylic acids is 2. The van der Waals surface area contributed by atoms with Gasteiger partial charge in [-0.15, -0.1) is 5.10 Å². The van der Waals surface area contributed by atoms with E-state index in [9.17, 15) is 14.0 Å². The van der Waals surface area contributed by atoms with Gasteiger partial charge in [0.05, 0.1) is 31.0 Å². The van der Waals surface area contributed by atoms with Crippen molar-refractivity contribution in [3.8, 4) is 0 Å². The SMILES string of the molecule is CCOC(=O)C1=NN(c2ccccc2F)C2=NC(C)=C(C(=O)OC)C(c3ccc(C)cc3)N12. The number of rotatable bonds is 5. The van der Waals surface area contributed by atoms with Gasteiger partial charge in [0, 0.05) is 0 Å². The first-order valence-corrected chi connectivity index (χ1v) is 10.4. The van der Waals surface area contributed by atoms with E-state index >= 15 is 0 Å². The summed E-state index contributed by atoms with van der Waals surface area (Å²) >= 11 is 0. The minimum absolute atomic E-state index is 0.109. The van der Waals surface area contributed by atoms with Crippen LogP contribution in [0.3, 0.4) is 0 Å². The van der Waals surface area contributed by atoms with Gasteiger partial charge in [-0.3, -0.25) is 4.90 Å². The number of ether oxygens (including phenoxy) is 2. The van der Waals surface area contributed by atoms with Crippen LogP contribution in [0.15, 0.2) is 69.9 Å². The number of para-hydroxylation sites is 1. The molecule has 2 aliphatic heterocycles. The Morgan fingerprint density at radius 3 is 2.39 bits per heavy atom. The topological polar surface area (TPSA) is 83.8 Å². The van der Waals surface area contributed by atoms with Crippen molar-refractivity contribution in [2.75, 3.05) is 18.7 Å². The van der Waals surface area contributed by atoms with Gasteiger partial charge in [0.1, 0.15) is 11.5 Å². The van der Waals surface area contributed by atoms with Gasteiger partial charge in [-0.2, -0.15) is 5.01 Å². The van der Waals surface area contributed by atoms with Crippen LogP contribution in [0.5, 0.6) is 0 Å². The number of esters is 2. The van der Waals surface area contributed by atoms with Gasteiger partial charge in [0.2, 0.25) is 11.8 Å². The molecular weight excluding hydrogens is 427 g/mol. The molecule has 0 aliphatic carbocycles. The number of allylic oxidation sites excluding steroid dienone is 1. The highest BCUT2D eigenvalue weighted by Gasteiger charge is 2.47. The average molecular weight is 450 g/mol. The molecule has 1 unspecified atom stereocenters. The fraction of sp³-hybridized carbons (Fsp3) is 0.250. The highest BCUT2D eigenvalue weighted by molar-refractivity contribution is 6.41. The molecule has 2 aromatic carbocycles. The Morgan fingerprint density at radius 2 is 1.76 bits per heavy atom. The minimum atomic E-state index is -0.787. The molecule has 2 aromatic rings. The van der Waals surface area contributed by atoms with Crippen LogP contribution in [0, 0.1) is 12.7 Å². The molecule has 0 fully saturated rings. The number of methoxy groups -OCH3 is 1. The number of aryl methyl sites for hydroxylation is 1. The molecule has 0 saturated carbocycles. The Hall–Kier alpha value is -4.01. The average Bonchev–Trinajstić information content (AvgIpc) is 3.17. The predicted octanol–water partition coefficient (Wildman–Crippen LogP) is 3.69. The molecule has 0 amide bonds. The number of aliphatic imine (C=N–C) groups is 1. The van der Waals surface area contributed by atoms with Crippen LogP contribution in [0.1, 0.15) is 31.0 Å². The third kappa shape index (κ3) is 3.86. The van der Waals surface area contributed by atoms with Crippen molar-refractivity contribution in [2.24, 2.45) is 10.1 Å². The Balaban J connectivity index is 1.96. The Kier molecular flexibility index (Phi) is 5.95. The molecule has 9 heteroatoms. The highest BCUT2D eigenvalue weighted by Crippen LogP contribution is 2.40. The second-order valence-electron chi connectivity index (χ2n) is 7.49. The standard InChI is InChI=1S/C24H23FN4O4/c1-5-33-23(31)21-27-29(18-9-7-6-8-17(18)25)24-26-15(3)19(22(30)32-4)20(28(21)24)16-12-10-14(2)11-13-16/h6-13,20H,5H2,1-4H3. The van der Waals surface area contributed by atoms with Gasteiger partial charge in [0.15, 0.2) is 0 Å². The maximum atomic E-state index is 14.7. The zero-order valence-corrected chi connectivity index (χ0v) is 18.7. The smallest absolute Gasteiger partial charge is 0.376 e. The van der Waals surface area contributed by atoms with Crippen LogP contribution < -0.4 is 5.01 Å². The van der Waals surface area contributed by atoms with E-state index in [1.165, 1.54) is 29.2 Å². The summed E-state index contributed by atoms with van der Waals surface area (Å²) < 4.78 is 25.0. The van der Waals surface area contributed by atoms with Gasteiger partial charge in [-0.25, -0.2) is 19.0 Å². The third-order valence-corrected chi connectivity index (χ3v) is 5.35. The van der Waals surface area contributed by atoms with Crippen molar-refractivity contribution >= 4 is 29.4 Å². The van der Waals surface area contributed by atoms with E-state index in [4.69, 9.17) is 9.47 Å². The van der Waals surface area contributed by atoms with Gasteiger partial charge >= 0.3 is 11.9 Å². The first-order chi connectivity index (χ1) is 15.9. The Labute approximate surface area is 190 Å². The van der Waals surface area contributed by atoms with Crippen molar-refractivity contribution in [1.82, 2.24) is 4.90 Å². The number of halogens is 1. The van der Waals surface area contributed by atoms with Crippen LogP contribution in [0.4, 0.5) is 10.1 Å². The van der Waals surface area contributed by atoms with E-state index in [1.54, 1.807) is 26.0 Å². The summed E-state index contributed by atoms with van der Waals surface area (Å²) in [6, 6.07) is 12.8. The fourth-order valence-electron chi connectivity index (χ4n) is 3.81. The zero-order valence-electron chi connectivity index (χ0n) is 18.7. The number of guanidine groups is 1. The van der Waals surface area contributed by atoms with Crippen LogP contribution >= 0.6 is 0 Å². The second kappa shape index (κ2) is 8.85. The number of fused-ring (bicyclic) bond motifs is 1. The fourth-order valence-corrected chi connectivity index (χ4v) is 3.81. The molecular formula is C24H23FN4O4. The number of benzene rings is 2. The lowest BCUT2D eigenvalue weighted by Crippen LogP contribution is -2.47. The van der Waals surface area contributed by atoms with Crippen LogP contribution in [-0.4, -0.2) is 42.4 Å². The number of hydrogen-bond donors (Lipinski definition) is 0. The summed E-state index contributed by atoms with van der Waals surface area (Å²) in [5.41, 5.74) is 2.47. The number of hydrazone groups is 1. The van der Waals surface area contributed by atoms with Gasteiger partial charge in [-0.1, -0.05) is 42.0 Å². The van der Waals surface area contributed by atoms with E-state index in [0.29, 0.717) is 11.3 Å². The zero-order chi connectivity index (χ0) is 23.7. The molecule has 0 aromatic heterocycles. The highest BCUT2D eigenvalue weighted by atomic mass is 19.1. The maximum Gasteiger partial charge on any atom is 0.376 e. The quantitative estimate of drug-likeness (QED) is 0.646. The van der Waals surface area contributed by atoms with E-state index in [-0.39, 0.29) is 29.7 Å². The van der Waals surface area contributed by atoms with Crippen molar-refractivity contribution in [1.29, 1.82) is 0 Å². The van der Waals surface area contributed by atoms with Crippen LogP contribution in [0.2, 0.25) is 0 Å². The summed E-state index contributed by atoms with van der Waals surface area (Å²) in [6.07, 6.45) is 0. The lowest BCUT2D eigenvalue weighted by Gasteiger charge is -2.35. The molecule has 170 valence electrons. The summed E-state index contributed by atoms with van der Waals surface area (Å²) in [6.45, 7) is 5.40. The number of carbonyl (C=O) groups is 2. The van der Waals surface area contributed by atoms with Crippen LogP contribution in [-0.2, 0) is 19.1 Å². The summed E-state index contributed by atoms with van der Waals surface area (Å²) in [4.78, 5) is 31.8. The summed E-state index contributed by atoms with van der Waals surface area (Å²) in [7, 11) is 1.28. The first kappa shape index (κ1) is 22.2. The van der Waals surface area contributed by atoms with Gasteiger partial charge in [0.25, 0.3) is 0 Å². The molecule has 0 N–H and O–H groups in total. The van der Waals surface area contributed by atoms with Gasteiger partial charge < -0.3 is 9.47 Å². The van der Waals surface area contributed by atoms with Gasteiger partial charge in [-0.05, 0) is 38.5 Å². The molecule has 1 atom stereocenters. The van der Waals surface area contributed by atoms with E-state index in [1.807, 2.05) is 31.2 Å². The number of hydrogen-bond acceptors (Lipinski definition) is 8. The Morgan fingerprint density at radius 1 is 1.06 bits per heavy atom. The van der Waals surface area contributed by atoms with Crippen molar-refractivity contribution in [3.63, 3.8) is 0 Å². The second-order valence-corrected chi connectivity index (χ2v) is 7.49. The van der Waals surface area contributed by atoms with Crippen molar-refractivity contribution in [3.05, 3.63) is 76.7 Å². The normalized spacial score (nSPS) is 17.4. The predicted molar refractivity (Wildman–Crippen MR) is 121 cm³/mol. The van der Waals surface area contributed by atoms with Crippen molar-refractivity contribution < 1.29 is 23.5 Å². The van der Waals surface area contributed by atoms with Crippen LogP contribution in [0.25, 0.3) is 0 Å². The monoisotopic (exact) mass is 450 g/mol. The first-order valence-electron chi connectivity index (χ1n) is 10.4. The molecule has 2 heterocycles. The summed E-state index contributed by atoms with van der Waals surface area (Å²) in [5, 5.41) is 5.63. The number of amidine groups is 1. The molecule has 4 rings (SSSR count). The largest absolute Gasteiger partial charge is 0.466 e. The molecule has 0 radical (unpaired) electrons. The third-order valence-electron chi connectivity index (χ3n) is 5.35.